The number of nitrogens with one attached hydrogen (secondary N) is 2. The fourth-order valence-corrected chi connectivity index (χ4v) is 6.72. The number of para-hydroxylation sites is 2. The maximum absolute atomic E-state index is 13.9. The fourth-order valence-electron chi connectivity index (χ4n) is 5.24. The Morgan fingerprint density at radius 1 is 0.810 bits per heavy atom. The van der Waals surface area contributed by atoms with Crippen LogP contribution in [0.3, 0.4) is 0 Å². The third-order valence-corrected chi connectivity index (χ3v) is 8.99. The Morgan fingerprint density at radius 2 is 1.40 bits per heavy atom. The quantitative estimate of drug-likeness (QED) is 0.265. The van der Waals surface area contributed by atoms with E-state index >= 15 is 0 Å². The molecule has 42 heavy (non-hydrogen) atoms. The van der Waals surface area contributed by atoms with Crippen LogP contribution >= 0.6 is 0 Å². The van der Waals surface area contributed by atoms with E-state index in [0.717, 1.165) is 22.6 Å². The van der Waals surface area contributed by atoms with E-state index in [1.165, 1.54) is 0 Å². The van der Waals surface area contributed by atoms with Crippen molar-refractivity contribution < 1.29 is 17.9 Å². The van der Waals surface area contributed by atoms with Gasteiger partial charge in [-0.3, -0.25) is 4.79 Å². The highest BCUT2D eigenvalue weighted by Gasteiger charge is 2.28. The van der Waals surface area contributed by atoms with E-state index in [4.69, 9.17) is 4.74 Å². The van der Waals surface area contributed by atoms with Crippen molar-refractivity contribution in [3.05, 3.63) is 114 Å². The lowest BCUT2D eigenvalue weighted by Gasteiger charge is -2.38. The first kappa shape index (κ1) is 29.2. The van der Waals surface area contributed by atoms with Gasteiger partial charge in [-0.2, -0.15) is 0 Å². The number of benzene rings is 4. The molecule has 9 heteroatoms. The summed E-state index contributed by atoms with van der Waals surface area (Å²) in [5.74, 6) is 0.595. The van der Waals surface area contributed by atoms with Crippen molar-refractivity contribution in [1.82, 2.24) is 4.72 Å². The monoisotopic (exact) mass is 584 g/mol. The molecule has 0 aliphatic carbocycles. The average Bonchev–Trinajstić information content (AvgIpc) is 3.02. The number of amides is 1. The van der Waals surface area contributed by atoms with E-state index in [1.54, 1.807) is 25.3 Å². The van der Waals surface area contributed by atoms with Crippen molar-refractivity contribution in [2.45, 2.75) is 24.3 Å². The van der Waals surface area contributed by atoms with Gasteiger partial charge in [0.1, 0.15) is 10.6 Å². The minimum Gasteiger partial charge on any atom is -0.495 e. The van der Waals surface area contributed by atoms with Crippen LogP contribution in [0.15, 0.2) is 108 Å². The fraction of sp³-hybridized carbons (Fsp3) is 0.242. The van der Waals surface area contributed by atoms with Crippen LogP contribution < -0.4 is 24.6 Å². The Morgan fingerprint density at radius 3 is 2.07 bits per heavy atom. The summed E-state index contributed by atoms with van der Waals surface area (Å²) in [7, 11) is -2.30. The SMILES string of the molecule is COc1ccccc1N1CCN(c2ccc(NC(=O)Cc3ccccc3)cc2S(=O)(=O)NC(C)c2ccccc2)CC1. The summed E-state index contributed by atoms with van der Waals surface area (Å²) < 4.78 is 36.2. The Hall–Kier alpha value is -4.34. The number of hydrogen-bond donors (Lipinski definition) is 2. The summed E-state index contributed by atoms with van der Waals surface area (Å²) in [6.45, 7) is 4.46. The van der Waals surface area contributed by atoms with Gasteiger partial charge >= 0.3 is 0 Å². The number of anilines is 3. The van der Waals surface area contributed by atoms with Crippen LogP contribution in [0.5, 0.6) is 5.75 Å². The van der Waals surface area contributed by atoms with Gasteiger partial charge in [-0.05, 0) is 48.4 Å². The van der Waals surface area contributed by atoms with Crippen molar-refractivity contribution in [3.8, 4) is 5.75 Å². The largest absolute Gasteiger partial charge is 0.495 e. The third kappa shape index (κ3) is 6.92. The molecule has 1 unspecified atom stereocenters. The third-order valence-electron chi connectivity index (χ3n) is 7.42. The molecule has 1 fully saturated rings. The van der Waals surface area contributed by atoms with Crippen LogP contribution in [0.25, 0.3) is 0 Å². The molecule has 1 aliphatic heterocycles. The molecular formula is C33H36N4O4S. The van der Waals surface area contributed by atoms with E-state index < -0.39 is 16.1 Å². The number of rotatable bonds is 10. The van der Waals surface area contributed by atoms with Crippen molar-refractivity contribution in [1.29, 1.82) is 0 Å². The summed E-state index contributed by atoms with van der Waals surface area (Å²) >= 11 is 0. The van der Waals surface area contributed by atoms with Crippen molar-refractivity contribution >= 4 is 33.0 Å². The van der Waals surface area contributed by atoms with Gasteiger partial charge in [-0.15, -0.1) is 0 Å². The predicted molar refractivity (Wildman–Crippen MR) is 168 cm³/mol. The number of carbonyl (C=O) groups is 1. The molecule has 1 atom stereocenters. The van der Waals surface area contributed by atoms with E-state index in [2.05, 4.69) is 19.8 Å². The van der Waals surface area contributed by atoms with Gasteiger partial charge in [0.2, 0.25) is 15.9 Å². The second-order valence-electron chi connectivity index (χ2n) is 10.3. The lowest BCUT2D eigenvalue weighted by molar-refractivity contribution is -0.115. The minimum absolute atomic E-state index is 0.133. The van der Waals surface area contributed by atoms with Crippen LogP contribution in [-0.2, 0) is 21.2 Å². The zero-order valence-electron chi connectivity index (χ0n) is 23.9. The molecular weight excluding hydrogens is 548 g/mol. The van der Waals surface area contributed by atoms with Gasteiger partial charge in [0.25, 0.3) is 0 Å². The second-order valence-corrected chi connectivity index (χ2v) is 12.0. The number of ether oxygens (including phenoxy) is 1. The predicted octanol–water partition coefficient (Wildman–Crippen LogP) is 5.24. The van der Waals surface area contributed by atoms with Gasteiger partial charge in [-0.1, -0.05) is 72.8 Å². The van der Waals surface area contributed by atoms with Crippen LogP contribution in [0, 0.1) is 0 Å². The summed E-state index contributed by atoms with van der Waals surface area (Å²) in [6, 6.07) is 31.5. The second kappa shape index (κ2) is 13.1. The number of carbonyl (C=O) groups excluding carboxylic acids is 1. The number of nitrogens with zero attached hydrogens (tertiary/aromatic N) is 2. The molecule has 4 aromatic rings. The van der Waals surface area contributed by atoms with Crippen LogP contribution in [-0.4, -0.2) is 47.6 Å². The number of hydrogen-bond acceptors (Lipinski definition) is 6. The Bertz CT molecular complexity index is 1610. The van der Waals surface area contributed by atoms with Crippen molar-refractivity contribution in [2.24, 2.45) is 0 Å². The number of piperazine rings is 1. The smallest absolute Gasteiger partial charge is 0.243 e. The molecule has 8 nitrogen and oxygen atoms in total. The minimum atomic E-state index is -3.96. The molecule has 4 aromatic carbocycles. The van der Waals surface area contributed by atoms with E-state index in [-0.39, 0.29) is 17.2 Å². The maximum atomic E-state index is 13.9. The van der Waals surface area contributed by atoms with Gasteiger partial charge in [0, 0.05) is 37.9 Å². The van der Waals surface area contributed by atoms with Gasteiger partial charge < -0.3 is 19.9 Å². The highest BCUT2D eigenvalue weighted by Crippen LogP contribution is 2.33. The average molecular weight is 585 g/mol. The lowest BCUT2D eigenvalue weighted by Crippen LogP contribution is -2.47. The first-order valence-electron chi connectivity index (χ1n) is 14.0. The lowest BCUT2D eigenvalue weighted by atomic mass is 10.1. The van der Waals surface area contributed by atoms with E-state index in [1.807, 2.05) is 91.9 Å². The molecule has 218 valence electrons. The molecule has 1 heterocycles. The maximum Gasteiger partial charge on any atom is 0.243 e. The van der Waals surface area contributed by atoms with Crippen molar-refractivity contribution in [3.63, 3.8) is 0 Å². The highest BCUT2D eigenvalue weighted by atomic mass is 32.2. The standard InChI is InChI=1S/C33H36N4O4S/c1-25(27-13-7-4-8-14-27)35-42(39,40)32-24-28(34-33(38)23-26-11-5-3-6-12-26)17-18-30(32)37-21-19-36(20-22-37)29-15-9-10-16-31(29)41-2/h3-18,24-25,35H,19-23H2,1-2H3,(H,34,38). The topological polar surface area (TPSA) is 91.0 Å². The molecule has 0 saturated carbocycles. The molecule has 2 N–H and O–H groups in total. The normalized spacial score (nSPS) is 14.3. The highest BCUT2D eigenvalue weighted by molar-refractivity contribution is 7.89. The summed E-state index contributed by atoms with van der Waals surface area (Å²) in [6.07, 6.45) is 0.193. The van der Waals surface area contributed by atoms with Crippen LogP contribution in [0.4, 0.5) is 17.1 Å². The van der Waals surface area contributed by atoms with Crippen molar-refractivity contribution in [2.75, 3.05) is 48.4 Å². The molecule has 1 amide bonds. The molecule has 5 rings (SSSR count). The Labute approximate surface area is 248 Å². The first-order valence-corrected chi connectivity index (χ1v) is 15.5. The zero-order chi connectivity index (χ0) is 29.5. The molecule has 1 aliphatic rings. The van der Waals surface area contributed by atoms with E-state index in [9.17, 15) is 13.2 Å². The molecule has 0 aromatic heterocycles. The van der Waals surface area contributed by atoms with Crippen LogP contribution in [0.1, 0.15) is 24.1 Å². The van der Waals surface area contributed by atoms with Gasteiger partial charge in [0.15, 0.2) is 0 Å². The molecule has 0 radical (unpaired) electrons. The number of methoxy groups -OCH3 is 1. The summed E-state index contributed by atoms with van der Waals surface area (Å²) in [5, 5.41) is 2.89. The Kier molecular flexibility index (Phi) is 9.09. The molecule has 0 bridgehead atoms. The zero-order valence-corrected chi connectivity index (χ0v) is 24.7. The van der Waals surface area contributed by atoms with Gasteiger partial charge in [0.05, 0.1) is 24.9 Å². The number of sulfonamides is 1. The van der Waals surface area contributed by atoms with E-state index in [0.29, 0.717) is 37.6 Å². The van der Waals surface area contributed by atoms with Gasteiger partial charge in [-0.25, -0.2) is 13.1 Å². The molecule has 1 saturated heterocycles. The summed E-state index contributed by atoms with van der Waals surface area (Å²) in [4.78, 5) is 17.3. The van der Waals surface area contributed by atoms with Crippen LogP contribution in [0.2, 0.25) is 0 Å². The Balaban J connectivity index is 1.40. The summed E-state index contributed by atoms with van der Waals surface area (Å²) in [5.41, 5.74) is 3.79. The first-order chi connectivity index (χ1) is 20.3. The molecule has 0 spiro atoms.